The van der Waals surface area contributed by atoms with E-state index in [2.05, 4.69) is 10.6 Å². The molecule has 1 saturated heterocycles. The summed E-state index contributed by atoms with van der Waals surface area (Å²) in [5.41, 5.74) is 0.345. The number of benzene rings is 1. The van der Waals surface area contributed by atoms with Crippen LogP contribution in [-0.4, -0.2) is 29.3 Å². The zero-order chi connectivity index (χ0) is 18.9. The topological polar surface area (TPSA) is 91.7 Å². The largest absolute Gasteiger partial charge is 0.463 e. The average Bonchev–Trinajstić information content (AvgIpc) is 3.14. The standard InChI is InChI=1S/C19H21N3O4/c1-4-13-7-5-6-8-14(13)20-16(23)11-22-17(24)19(3,21-18(22)25)15-10-9-12(2)26-15/h5-10H,4,11H2,1-3H3,(H,20,23)(H,21,25)/t19-/m1/s1. The van der Waals surface area contributed by atoms with Crippen molar-refractivity contribution in [1.82, 2.24) is 10.2 Å². The monoisotopic (exact) mass is 355 g/mol. The van der Waals surface area contributed by atoms with E-state index in [-0.39, 0.29) is 6.54 Å². The van der Waals surface area contributed by atoms with Crippen LogP contribution in [0.3, 0.4) is 0 Å². The van der Waals surface area contributed by atoms with Crippen molar-refractivity contribution in [3.05, 3.63) is 53.5 Å². The summed E-state index contributed by atoms with van der Waals surface area (Å²) >= 11 is 0. The van der Waals surface area contributed by atoms with Gasteiger partial charge in [0.05, 0.1) is 0 Å². The van der Waals surface area contributed by atoms with E-state index in [0.29, 0.717) is 17.2 Å². The number of aryl methyl sites for hydroxylation is 2. The van der Waals surface area contributed by atoms with Gasteiger partial charge in [0.15, 0.2) is 5.54 Å². The number of hydrogen-bond acceptors (Lipinski definition) is 4. The maximum Gasteiger partial charge on any atom is 0.325 e. The summed E-state index contributed by atoms with van der Waals surface area (Å²) in [5.74, 6) is 0.0216. The summed E-state index contributed by atoms with van der Waals surface area (Å²) in [6.45, 7) is 4.94. The minimum absolute atomic E-state index is 0.340. The van der Waals surface area contributed by atoms with Crippen LogP contribution in [0, 0.1) is 6.92 Å². The van der Waals surface area contributed by atoms with Crippen LogP contribution in [0.4, 0.5) is 10.5 Å². The molecule has 0 spiro atoms. The minimum Gasteiger partial charge on any atom is -0.463 e. The highest BCUT2D eigenvalue weighted by Crippen LogP contribution is 2.30. The lowest BCUT2D eigenvalue weighted by Gasteiger charge is -2.19. The third-order valence-electron chi connectivity index (χ3n) is 4.48. The van der Waals surface area contributed by atoms with Crippen LogP contribution < -0.4 is 10.6 Å². The average molecular weight is 355 g/mol. The number of nitrogens with zero attached hydrogens (tertiary/aromatic N) is 1. The number of amides is 4. The Bertz CT molecular complexity index is 873. The van der Waals surface area contributed by atoms with Crippen LogP contribution >= 0.6 is 0 Å². The summed E-state index contributed by atoms with van der Waals surface area (Å²) in [5, 5.41) is 5.38. The van der Waals surface area contributed by atoms with Crippen molar-refractivity contribution < 1.29 is 18.8 Å². The van der Waals surface area contributed by atoms with Crippen molar-refractivity contribution in [3.8, 4) is 0 Å². The molecule has 136 valence electrons. The van der Waals surface area contributed by atoms with E-state index in [4.69, 9.17) is 4.42 Å². The van der Waals surface area contributed by atoms with E-state index in [1.807, 2.05) is 25.1 Å². The summed E-state index contributed by atoms with van der Waals surface area (Å²) < 4.78 is 5.51. The van der Waals surface area contributed by atoms with E-state index in [9.17, 15) is 14.4 Å². The second kappa shape index (κ2) is 6.67. The van der Waals surface area contributed by atoms with Gasteiger partial charge in [-0.05, 0) is 44.0 Å². The maximum atomic E-state index is 12.8. The van der Waals surface area contributed by atoms with Gasteiger partial charge in [-0.1, -0.05) is 25.1 Å². The number of urea groups is 1. The first kappa shape index (κ1) is 17.7. The van der Waals surface area contributed by atoms with E-state index in [1.165, 1.54) is 0 Å². The van der Waals surface area contributed by atoms with Gasteiger partial charge in [-0.15, -0.1) is 0 Å². The van der Waals surface area contributed by atoms with Crippen LogP contribution in [0.15, 0.2) is 40.8 Å². The van der Waals surface area contributed by atoms with Crippen LogP contribution in [0.1, 0.15) is 30.9 Å². The molecule has 1 fully saturated rings. The first-order valence-corrected chi connectivity index (χ1v) is 8.44. The van der Waals surface area contributed by atoms with Crippen molar-refractivity contribution in [2.45, 2.75) is 32.7 Å². The van der Waals surface area contributed by atoms with E-state index < -0.39 is 23.4 Å². The Hall–Kier alpha value is -3.09. The molecule has 26 heavy (non-hydrogen) atoms. The molecule has 4 amide bonds. The van der Waals surface area contributed by atoms with Gasteiger partial charge >= 0.3 is 6.03 Å². The van der Waals surface area contributed by atoms with Crippen molar-refractivity contribution in [2.24, 2.45) is 0 Å². The minimum atomic E-state index is -1.31. The fourth-order valence-electron chi connectivity index (χ4n) is 2.99. The molecule has 1 aliphatic rings. The second-order valence-electron chi connectivity index (χ2n) is 6.42. The normalized spacial score (nSPS) is 19.6. The van der Waals surface area contributed by atoms with Gasteiger partial charge in [-0.2, -0.15) is 0 Å². The number of para-hydroxylation sites is 1. The van der Waals surface area contributed by atoms with Crippen LogP contribution in [-0.2, 0) is 21.5 Å². The number of hydrogen-bond donors (Lipinski definition) is 2. The number of imide groups is 1. The summed E-state index contributed by atoms with van der Waals surface area (Å²) in [4.78, 5) is 38.3. The van der Waals surface area contributed by atoms with Gasteiger partial charge in [0, 0.05) is 5.69 Å². The molecule has 2 aromatic rings. The lowest BCUT2D eigenvalue weighted by Crippen LogP contribution is -2.42. The molecule has 1 aromatic carbocycles. The zero-order valence-electron chi connectivity index (χ0n) is 15.0. The lowest BCUT2D eigenvalue weighted by molar-refractivity contribution is -0.134. The SMILES string of the molecule is CCc1ccccc1NC(=O)CN1C(=O)N[C@](C)(c2ccc(C)o2)C1=O. The van der Waals surface area contributed by atoms with Crippen molar-refractivity contribution >= 4 is 23.5 Å². The third-order valence-corrected chi connectivity index (χ3v) is 4.48. The van der Waals surface area contributed by atoms with Gasteiger partial charge in [0.2, 0.25) is 5.91 Å². The van der Waals surface area contributed by atoms with Crippen LogP contribution in [0.25, 0.3) is 0 Å². The molecule has 0 radical (unpaired) electrons. The Labute approximate surface area is 151 Å². The Kier molecular flexibility index (Phi) is 4.54. The number of carbonyl (C=O) groups excluding carboxylic acids is 3. The molecule has 1 aromatic heterocycles. The predicted molar refractivity (Wildman–Crippen MR) is 95.5 cm³/mol. The highest BCUT2D eigenvalue weighted by molar-refractivity contribution is 6.10. The van der Waals surface area contributed by atoms with Gasteiger partial charge in [-0.3, -0.25) is 14.5 Å². The number of anilines is 1. The molecule has 0 bridgehead atoms. The van der Waals surface area contributed by atoms with Gasteiger partial charge in [0.1, 0.15) is 18.1 Å². The molecule has 2 heterocycles. The number of nitrogens with one attached hydrogen (secondary N) is 2. The summed E-state index contributed by atoms with van der Waals surface area (Å²) in [6.07, 6.45) is 0.759. The molecule has 1 atom stereocenters. The van der Waals surface area contributed by atoms with Crippen molar-refractivity contribution in [1.29, 1.82) is 0 Å². The fraction of sp³-hybridized carbons (Fsp3) is 0.316. The Morgan fingerprint density at radius 3 is 2.62 bits per heavy atom. The van der Waals surface area contributed by atoms with E-state index in [0.717, 1.165) is 16.9 Å². The molecule has 0 unspecified atom stereocenters. The maximum absolute atomic E-state index is 12.8. The molecule has 7 nitrogen and oxygen atoms in total. The van der Waals surface area contributed by atoms with Crippen LogP contribution in [0.2, 0.25) is 0 Å². The molecule has 1 aliphatic heterocycles. The zero-order valence-corrected chi connectivity index (χ0v) is 15.0. The fourth-order valence-corrected chi connectivity index (χ4v) is 2.99. The predicted octanol–water partition coefficient (Wildman–Crippen LogP) is 2.56. The molecular formula is C19H21N3O4. The quantitative estimate of drug-likeness (QED) is 0.807. The van der Waals surface area contributed by atoms with E-state index in [1.54, 1.807) is 32.0 Å². The van der Waals surface area contributed by atoms with Gasteiger partial charge < -0.3 is 15.1 Å². The first-order valence-electron chi connectivity index (χ1n) is 8.44. The Morgan fingerprint density at radius 2 is 1.96 bits per heavy atom. The van der Waals surface area contributed by atoms with E-state index >= 15 is 0 Å². The smallest absolute Gasteiger partial charge is 0.325 e. The second-order valence-corrected chi connectivity index (χ2v) is 6.42. The lowest BCUT2D eigenvalue weighted by atomic mass is 9.99. The number of furan rings is 1. The third kappa shape index (κ3) is 3.08. The Balaban J connectivity index is 1.74. The van der Waals surface area contributed by atoms with Crippen molar-refractivity contribution in [2.75, 3.05) is 11.9 Å². The highest BCUT2D eigenvalue weighted by atomic mass is 16.3. The molecule has 0 aliphatic carbocycles. The highest BCUT2D eigenvalue weighted by Gasteiger charge is 2.51. The Morgan fingerprint density at radius 1 is 1.23 bits per heavy atom. The molecule has 3 rings (SSSR count). The summed E-state index contributed by atoms with van der Waals surface area (Å²) in [7, 11) is 0. The van der Waals surface area contributed by atoms with Crippen molar-refractivity contribution in [3.63, 3.8) is 0 Å². The molecule has 2 N–H and O–H groups in total. The van der Waals surface area contributed by atoms with Gasteiger partial charge in [0.25, 0.3) is 5.91 Å². The molecule has 0 saturated carbocycles. The van der Waals surface area contributed by atoms with Gasteiger partial charge in [-0.25, -0.2) is 4.79 Å². The number of carbonyl (C=O) groups is 3. The number of rotatable bonds is 5. The first-order chi connectivity index (χ1) is 12.3. The van der Waals surface area contributed by atoms with Crippen LogP contribution in [0.5, 0.6) is 0 Å². The molecule has 7 heteroatoms. The molecular weight excluding hydrogens is 334 g/mol. The summed E-state index contributed by atoms with van der Waals surface area (Å²) in [6, 6.07) is 10.2.